The van der Waals surface area contributed by atoms with E-state index in [0.29, 0.717) is 39.3 Å². The van der Waals surface area contributed by atoms with Gasteiger partial charge in [0.2, 0.25) is 11.8 Å². The lowest BCUT2D eigenvalue weighted by molar-refractivity contribution is -0.138. The highest BCUT2D eigenvalue weighted by Crippen LogP contribution is 2.40. The number of carbonyl (C=O) groups is 2. The predicted molar refractivity (Wildman–Crippen MR) is 62.3 cm³/mol. The van der Waals surface area contributed by atoms with Crippen molar-refractivity contribution in [2.75, 3.05) is 32.8 Å². The van der Waals surface area contributed by atoms with Crippen molar-refractivity contribution in [3.63, 3.8) is 0 Å². The SMILES string of the molecule is CCCNC(=O)C1CC1C(=O)N1CCOCC1. The highest BCUT2D eigenvalue weighted by atomic mass is 16.5. The summed E-state index contributed by atoms with van der Waals surface area (Å²) >= 11 is 0. The molecule has 2 unspecified atom stereocenters. The van der Waals surface area contributed by atoms with E-state index < -0.39 is 0 Å². The summed E-state index contributed by atoms with van der Waals surface area (Å²) in [5, 5.41) is 2.85. The molecule has 2 fully saturated rings. The third-order valence-corrected chi connectivity index (χ3v) is 3.32. The fourth-order valence-corrected chi connectivity index (χ4v) is 2.16. The smallest absolute Gasteiger partial charge is 0.226 e. The van der Waals surface area contributed by atoms with Crippen molar-refractivity contribution in [1.29, 1.82) is 0 Å². The Morgan fingerprint density at radius 1 is 1.29 bits per heavy atom. The fourth-order valence-electron chi connectivity index (χ4n) is 2.16. The molecule has 0 spiro atoms. The van der Waals surface area contributed by atoms with Crippen LogP contribution in [0.5, 0.6) is 0 Å². The molecule has 96 valence electrons. The number of carbonyl (C=O) groups excluding carboxylic acids is 2. The molecular weight excluding hydrogens is 220 g/mol. The summed E-state index contributed by atoms with van der Waals surface area (Å²) in [4.78, 5) is 25.5. The third kappa shape index (κ3) is 2.97. The maximum absolute atomic E-state index is 12.0. The minimum absolute atomic E-state index is 0.0402. The Kier molecular flexibility index (Phi) is 3.99. The number of rotatable bonds is 4. The van der Waals surface area contributed by atoms with Crippen LogP contribution in [-0.2, 0) is 14.3 Å². The summed E-state index contributed by atoms with van der Waals surface area (Å²) < 4.78 is 5.20. The van der Waals surface area contributed by atoms with E-state index in [1.165, 1.54) is 0 Å². The molecule has 1 aliphatic carbocycles. The zero-order valence-electron chi connectivity index (χ0n) is 10.3. The topological polar surface area (TPSA) is 58.6 Å². The van der Waals surface area contributed by atoms with Crippen LogP contribution in [0.3, 0.4) is 0 Å². The van der Waals surface area contributed by atoms with Gasteiger partial charge in [0, 0.05) is 19.6 Å². The molecule has 2 rings (SSSR count). The number of amides is 2. The maximum Gasteiger partial charge on any atom is 0.226 e. The quantitative estimate of drug-likeness (QED) is 0.753. The normalized spacial score (nSPS) is 27.7. The zero-order valence-corrected chi connectivity index (χ0v) is 10.3. The van der Waals surface area contributed by atoms with Crippen LogP contribution in [0.25, 0.3) is 0 Å². The monoisotopic (exact) mass is 240 g/mol. The van der Waals surface area contributed by atoms with E-state index >= 15 is 0 Å². The molecule has 5 heteroatoms. The molecular formula is C12H20N2O3. The second kappa shape index (κ2) is 5.49. The summed E-state index contributed by atoms with van der Waals surface area (Å²) in [5.74, 6) is 0.00487. The maximum atomic E-state index is 12.0. The average Bonchev–Trinajstić information content (AvgIpc) is 3.16. The molecule has 1 saturated heterocycles. The van der Waals surface area contributed by atoms with E-state index in [2.05, 4.69) is 5.32 Å². The Balaban J connectivity index is 1.77. The Morgan fingerprint density at radius 2 is 2.00 bits per heavy atom. The van der Waals surface area contributed by atoms with Crippen molar-refractivity contribution in [1.82, 2.24) is 10.2 Å². The van der Waals surface area contributed by atoms with Crippen molar-refractivity contribution >= 4 is 11.8 Å². The predicted octanol–water partition coefficient (Wildman–Crippen LogP) is 0.00750. The van der Waals surface area contributed by atoms with Gasteiger partial charge in [-0.15, -0.1) is 0 Å². The lowest BCUT2D eigenvalue weighted by Crippen LogP contribution is -2.42. The van der Waals surface area contributed by atoms with Crippen LogP contribution in [-0.4, -0.2) is 49.6 Å². The number of hydrogen-bond acceptors (Lipinski definition) is 3. The van der Waals surface area contributed by atoms with Crippen molar-refractivity contribution in [2.24, 2.45) is 11.8 Å². The minimum atomic E-state index is -0.0862. The van der Waals surface area contributed by atoms with Gasteiger partial charge in [-0.05, 0) is 12.8 Å². The molecule has 0 radical (unpaired) electrons. The molecule has 2 aliphatic rings. The first kappa shape index (κ1) is 12.4. The van der Waals surface area contributed by atoms with Crippen LogP contribution in [0.2, 0.25) is 0 Å². The Labute approximate surface area is 101 Å². The molecule has 1 N–H and O–H groups in total. The molecule has 1 saturated carbocycles. The molecule has 17 heavy (non-hydrogen) atoms. The Hall–Kier alpha value is -1.10. The van der Waals surface area contributed by atoms with Crippen LogP contribution < -0.4 is 5.32 Å². The largest absolute Gasteiger partial charge is 0.378 e. The van der Waals surface area contributed by atoms with Gasteiger partial charge in [-0.25, -0.2) is 0 Å². The van der Waals surface area contributed by atoms with E-state index in [9.17, 15) is 9.59 Å². The minimum Gasteiger partial charge on any atom is -0.378 e. The molecule has 1 aliphatic heterocycles. The van der Waals surface area contributed by atoms with Crippen LogP contribution >= 0.6 is 0 Å². The van der Waals surface area contributed by atoms with E-state index in [0.717, 1.165) is 6.42 Å². The van der Waals surface area contributed by atoms with Crippen LogP contribution in [0.1, 0.15) is 19.8 Å². The molecule has 0 bridgehead atoms. The number of nitrogens with zero attached hydrogens (tertiary/aromatic N) is 1. The summed E-state index contributed by atoms with van der Waals surface area (Å²) in [6.45, 7) is 5.28. The second-order valence-corrected chi connectivity index (χ2v) is 4.68. The molecule has 5 nitrogen and oxygen atoms in total. The Bertz CT molecular complexity index is 300. The molecule has 0 aromatic heterocycles. The van der Waals surface area contributed by atoms with Gasteiger partial charge < -0.3 is 15.0 Å². The second-order valence-electron chi connectivity index (χ2n) is 4.68. The lowest BCUT2D eigenvalue weighted by Gasteiger charge is -2.27. The van der Waals surface area contributed by atoms with E-state index in [-0.39, 0.29) is 23.7 Å². The van der Waals surface area contributed by atoms with Gasteiger partial charge in [-0.2, -0.15) is 0 Å². The summed E-state index contributed by atoms with van der Waals surface area (Å²) in [7, 11) is 0. The van der Waals surface area contributed by atoms with Crippen molar-refractivity contribution in [2.45, 2.75) is 19.8 Å². The standard InChI is InChI=1S/C12H20N2O3/c1-2-3-13-11(15)9-8-10(9)12(16)14-4-6-17-7-5-14/h9-10H,2-8H2,1H3,(H,13,15). The van der Waals surface area contributed by atoms with E-state index in [4.69, 9.17) is 4.74 Å². The van der Waals surface area contributed by atoms with Gasteiger partial charge in [0.25, 0.3) is 0 Å². The third-order valence-electron chi connectivity index (χ3n) is 3.32. The summed E-state index contributed by atoms with van der Waals surface area (Å²) in [5.41, 5.74) is 0. The number of nitrogens with one attached hydrogen (secondary N) is 1. The molecule has 2 amide bonds. The highest BCUT2D eigenvalue weighted by Gasteiger charge is 2.49. The molecule has 0 aromatic carbocycles. The van der Waals surface area contributed by atoms with E-state index in [1.54, 1.807) is 0 Å². The number of morpholine rings is 1. The van der Waals surface area contributed by atoms with Gasteiger partial charge in [0.1, 0.15) is 0 Å². The van der Waals surface area contributed by atoms with Crippen LogP contribution in [0, 0.1) is 11.8 Å². The van der Waals surface area contributed by atoms with Gasteiger partial charge in [-0.3, -0.25) is 9.59 Å². The van der Waals surface area contributed by atoms with Gasteiger partial charge in [0.05, 0.1) is 25.0 Å². The zero-order chi connectivity index (χ0) is 12.3. The number of ether oxygens (including phenoxy) is 1. The van der Waals surface area contributed by atoms with Crippen molar-refractivity contribution in [3.8, 4) is 0 Å². The Morgan fingerprint density at radius 3 is 2.65 bits per heavy atom. The molecule has 0 aromatic rings. The first-order chi connectivity index (χ1) is 8.24. The highest BCUT2D eigenvalue weighted by molar-refractivity contribution is 5.92. The van der Waals surface area contributed by atoms with Gasteiger partial charge >= 0.3 is 0 Å². The van der Waals surface area contributed by atoms with Gasteiger partial charge in [-0.1, -0.05) is 6.92 Å². The first-order valence-corrected chi connectivity index (χ1v) is 6.38. The van der Waals surface area contributed by atoms with Crippen LogP contribution in [0.4, 0.5) is 0 Å². The summed E-state index contributed by atoms with van der Waals surface area (Å²) in [6, 6.07) is 0. The van der Waals surface area contributed by atoms with Crippen molar-refractivity contribution in [3.05, 3.63) is 0 Å². The summed E-state index contributed by atoms with van der Waals surface area (Å²) in [6.07, 6.45) is 1.65. The number of hydrogen-bond donors (Lipinski definition) is 1. The van der Waals surface area contributed by atoms with Crippen molar-refractivity contribution < 1.29 is 14.3 Å². The lowest BCUT2D eigenvalue weighted by atomic mass is 10.2. The van der Waals surface area contributed by atoms with Gasteiger partial charge in [0.15, 0.2) is 0 Å². The average molecular weight is 240 g/mol. The first-order valence-electron chi connectivity index (χ1n) is 6.38. The molecule has 1 heterocycles. The van der Waals surface area contributed by atoms with E-state index in [1.807, 2.05) is 11.8 Å². The molecule has 2 atom stereocenters. The van der Waals surface area contributed by atoms with Crippen LogP contribution in [0.15, 0.2) is 0 Å². The fraction of sp³-hybridized carbons (Fsp3) is 0.833.